The van der Waals surface area contributed by atoms with E-state index in [0.29, 0.717) is 36.5 Å². The van der Waals surface area contributed by atoms with Crippen molar-refractivity contribution >= 4 is 106 Å². The average Bonchev–Trinajstić information content (AvgIpc) is 3.09. The van der Waals surface area contributed by atoms with Crippen LogP contribution >= 0.6 is 46.4 Å². The van der Waals surface area contributed by atoms with Crippen molar-refractivity contribution < 1.29 is 66.9 Å². The molecule has 0 saturated carbocycles. The molecule has 0 unspecified atom stereocenters. The van der Waals surface area contributed by atoms with Gasteiger partial charge < -0.3 is 33.3 Å². The van der Waals surface area contributed by atoms with Crippen LogP contribution in [0, 0.1) is 0 Å². The third-order valence-corrected chi connectivity index (χ3v) is 5.86. The van der Waals surface area contributed by atoms with E-state index in [1.807, 2.05) is 48.5 Å². The quantitative estimate of drug-likeness (QED) is 0.0573. The summed E-state index contributed by atoms with van der Waals surface area (Å²) in [5, 5.41) is -1.21. The lowest BCUT2D eigenvalue weighted by atomic mass is 9.78. The standard InChI is InChI=1S/C17H16O2.C6H9ClO5.C4H5ClO3.2C3H3ClO2/c1-17(2,15-7-3-13(11-18)4-8-15)16-9-5-14(12-19)6-10-16;7-6(9)12-4-3-10-1-2-11-5-8;5-4(7)8-3-1-2-6;2*4-3(6)1-2-5/h3-12H,1-2H3;5H,1-4H2;2H,1,3H2;2*2H,1H2. The zero-order chi connectivity index (χ0) is 39.5. The minimum absolute atomic E-state index is 0.0752. The lowest BCUT2D eigenvalue weighted by molar-refractivity contribution is -0.130. The zero-order valence-electron chi connectivity index (χ0n) is 27.5. The molecule has 0 fully saturated rings. The van der Waals surface area contributed by atoms with Gasteiger partial charge in [0.2, 0.25) is 10.5 Å². The number of carbonyl (C=O) groups is 10. The van der Waals surface area contributed by atoms with Crippen molar-refractivity contribution in [3.05, 3.63) is 70.8 Å². The number of halogens is 4. The summed E-state index contributed by atoms with van der Waals surface area (Å²) in [6, 6.07) is 15.2. The molecule has 0 saturated heterocycles. The van der Waals surface area contributed by atoms with Gasteiger partial charge in [0.15, 0.2) is 0 Å². The van der Waals surface area contributed by atoms with Crippen LogP contribution in [0.1, 0.15) is 65.0 Å². The number of carbonyl (C=O) groups excluding carboxylic acids is 10. The van der Waals surface area contributed by atoms with Gasteiger partial charge in [0.05, 0.1) is 32.7 Å². The van der Waals surface area contributed by atoms with Crippen molar-refractivity contribution in [2.24, 2.45) is 0 Å². The predicted molar refractivity (Wildman–Crippen MR) is 187 cm³/mol. The summed E-state index contributed by atoms with van der Waals surface area (Å²) in [6.07, 6.45) is 3.12. The van der Waals surface area contributed by atoms with E-state index in [1.165, 1.54) is 0 Å². The zero-order valence-corrected chi connectivity index (χ0v) is 30.5. The van der Waals surface area contributed by atoms with Gasteiger partial charge >= 0.3 is 10.9 Å². The van der Waals surface area contributed by atoms with Crippen LogP contribution in [-0.2, 0) is 53.1 Å². The van der Waals surface area contributed by atoms with E-state index in [1.54, 1.807) is 0 Å². The summed E-state index contributed by atoms with van der Waals surface area (Å²) >= 11 is 19.0. The minimum Gasteiger partial charge on any atom is -0.465 e. The van der Waals surface area contributed by atoms with E-state index in [2.05, 4.69) is 28.1 Å². The molecule has 2 aromatic rings. The predicted octanol–water partition coefficient (Wildman–Crippen LogP) is 5.82. The molecule has 0 spiro atoms. The van der Waals surface area contributed by atoms with Crippen LogP contribution in [0.4, 0.5) is 9.59 Å². The van der Waals surface area contributed by atoms with E-state index in [0.717, 1.165) is 23.7 Å². The second-order valence-corrected chi connectivity index (χ2v) is 10.7. The lowest BCUT2D eigenvalue weighted by Gasteiger charge is -2.26. The van der Waals surface area contributed by atoms with Crippen molar-refractivity contribution in [3.8, 4) is 0 Å². The van der Waals surface area contributed by atoms with Crippen molar-refractivity contribution in [3.63, 3.8) is 0 Å². The van der Waals surface area contributed by atoms with Gasteiger partial charge in [0.25, 0.3) is 6.47 Å². The van der Waals surface area contributed by atoms with Gasteiger partial charge in [-0.05, 0) is 34.3 Å². The Morgan fingerprint density at radius 1 is 0.569 bits per heavy atom. The van der Waals surface area contributed by atoms with Crippen molar-refractivity contribution in [1.29, 1.82) is 0 Å². The van der Waals surface area contributed by atoms with Crippen LogP contribution in [-0.4, -0.2) is 92.3 Å². The topological polar surface area (TPSA) is 208 Å². The van der Waals surface area contributed by atoms with E-state index in [-0.39, 0.29) is 57.7 Å². The summed E-state index contributed by atoms with van der Waals surface area (Å²) in [4.78, 5) is 98.0. The first-order valence-corrected chi connectivity index (χ1v) is 15.7. The van der Waals surface area contributed by atoms with Crippen LogP contribution < -0.4 is 0 Å². The Morgan fingerprint density at radius 2 is 0.961 bits per heavy atom. The third-order valence-electron chi connectivity index (χ3n) is 5.33. The van der Waals surface area contributed by atoms with E-state index < -0.39 is 21.3 Å². The molecule has 2 rings (SSSR count). The molecule has 0 amide bonds. The number of aldehydes is 5. The highest BCUT2D eigenvalue weighted by Gasteiger charge is 2.22. The molecule has 18 heteroatoms. The Balaban J connectivity index is -0.000000620. The number of benzene rings is 2. The molecule has 0 heterocycles. The Labute approximate surface area is 313 Å². The summed E-state index contributed by atoms with van der Waals surface area (Å²) in [7, 11) is 0. The highest BCUT2D eigenvalue weighted by molar-refractivity contribution is 6.64. The molecule has 0 aliphatic carbocycles. The van der Waals surface area contributed by atoms with Gasteiger partial charge in [-0.25, -0.2) is 9.59 Å². The Morgan fingerprint density at radius 3 is 1.25 bits per heavy atom. The fraction of sp³-hybridized carbons (Fsp3) is 0.333. The largest absolute Gasteiger partial charge is 0.465 e. The Bertz CT molecular complexity index is 1270. The van der Waals surface area contributed by atoms with Gasteiger partial charge in [0, 0.05) is 46.2 Å². The Kier molecular flexibility index (Phi) is 34.1. The maximum atomic E-state index is 10.7. The molecule has 0 aliphatic rings. The first-order chi connectivity index (χ1) is 24.2. The van der Waals surface area contributed by atoms with Gasteiger partial charge in [-0.1, -0.05) is 62.4 Å². The van der Waals surface area contributed by atoms with Gasteiger partial charge in [-0.2, -0.15) is 0 Å². The van der Waals surface area contributed by atoms with Crippen LogP contribution in [0.15, 0.2) is 48.5 Å². The summed E-state index contributed by atoms with van der Waals surface area (Å²) in [5.41, 5.74) is 1.73. The highest BCUT2D eigenvalue weighted by atomic mass is 35.5. The molecule has 51 heavy (non-hydrogen) atoms. The molecule has 0 aliphatic heterocycles. The smallest absolute Gasteiger partial charge is 0.403 e. The monoisotopic (exact) mass is 796 g/mol. The third kappa shape index (κ3) is 32.6. The summed E-state index contributed by atoms with van der Waals surface area (Å²) in [6.45, 7) is 5.46. The molecule has 2 aromatic carbocycles. The van der Waals surface area contributed by atoms with Crippen molar-refractivity contribution in [1.82, 2.24) is 0 Å². The highest BCUT2D eigenvalue weighted by Crippen LogP contribution is 2.31. The molecule has 0 N–H and O–H groups in total. The average molecular weight is 798 g/mol. The molecule has 0 atom stereocenters. The van der Waals surface area contributed by atoms with Gasteiger partial charge in [-0.15, -0.1) is 0 Å². The van der Waals surface area contributed by atoms with E-state index >= 15 is 0 Å². The molecular formula is C33H36Cl4O14. The van der Waals surface area contributed by atoms with Gasteiger partial charge in [0.1, 0.15) is 44.6 Å². The summed E-state index contributed by atoms with van der Waals surface area (Å²) < 4.78 is 17.7. The van der Waals surface area contributed by atoms with Crippen LogP contribution in [0.5, 0.6) is 0 Å². The van der Waals surface area contributed by atoms with Gasteiger partial charge in [-0.3, -0.25) is 24.0 Å². The molecule has 0 bridgehead atoms. The molecule has 280 valence electrons. The summed E-state index contributed by atoms with van der Waals surface area (Å²) in [5.74, 6) is 0. The molecule has 0 radical (unpaired) electrons. The van der Waals surface area contributed by atoms with Crippen LogP contribution in [0.25, 0.3) is 0 Å². The maximum Gasteiger partial charge on any atom is 0.403 e. The molecule has 14 nitrogen and oxygen atoms in total. The minimum atomic E-state index is -0.869. The van der Waals surface area contributed by atoms with Crippen molar-refractivity contribution in [2.45, 2.75) is 38.5 Å². The number of rotatable bonds is 18. The molecular weight excluding hydrogens is 762 g/mol. The maximum absolute atomic E-state index is 10.7. The van der Waals surface area contributed by atoms with Crippen LogP contribution in [0.3, 0.4) is 0 Å². The fourth-order valence-corrected chi connectivity index (χ4v) is 3.16. The van der Waals surface area contributed by atoms with Crippen LogP contribution in [0.2, 0.25) is 0 Å². The van der Waals surface area contributed by atoms with E-state index in [9.17, 15) is 47.9 Å². The lowest BCUT2D eigenvalue weighted by Crippen LogP contribution is -2.18. The number of hydrogen-bond donors (Lipinski definition) is 0. The first kappa shape index (κ1) is 51.0. The normalized spacial score (nSPS) is 9.29. The second-order valence-electron chi connectivity index (χ2n) is 9.26. The Hall–Kier alpha value is -4.34. The van der Waals surface area contributed by atoms with Crippen molar-refractivity contribution in [2.75, 3.05) is 33.0 Å². The SMILES string of the molecule is CC(C)(c1ccc(C=O)cc1)c1ccc(C=O)cc1.O=CCC(=O)Cl.O=CCC(=O)Cl.O=CCCOC(=O)Cl.O=COCCOCCOC(=O)Cl. The van der Waals surface area contributed by atoms with E-state index in [4.69, 9.17) is 51.1 Å². The second kappa shape index (κ2) is 34.1. The number of hydrogen-bond acceptors (Lipinski definition) is 14. The fourth-order valence-electron chi connectivity index (χ4n) is 2.88. The molecule has 0 aromatic heterocycles. The number of ether oxygens (including phenoxy) is 4. The first-order valence-electron chi connectivity index (χ1n) is 14.2.